The molecule has 1 heterocycles. The quantitative estimate of drug-likeness (QED) is 0.527. The third-order valence-electron chi connectivity index (χ3n) is 2.70. The molecule has 20 heavy (non-hydrogen) atoms. The van der Waals surface area contributed by atoms with Crippen molar-refractivity contribution in [3.05, 3.63) is 46.4 Å². The highest BCUT2D eigenvalue weighted by atomic mass is 35.5. The Labute approximate surface area is 126 Å². The zero-order valence-electron chi connectivity index (χ0n) is 11.1. The number of hydrogen-bond donors (Lipinski definition) is 1. The molecular formula is C14H14ClNO3S. The molecule has 0 bridgehead atoms. The molecule has 0 fully saturated rings. The lowest BCUT2D eigenvalue weighted by Crippen LogP contribution is -2.00. The molecule has 0 atom stereocenters. The number of nitrogens with two attached hydrogens (primary N) is 1. The van der Waals surface area contributed by atoms with Crippen LogP contribution in [0.15, 0.2) is 33.6 Å². The Morgan fingerprint density at radius 3 is 2.85 bits per heavy atom. The first-order valence-corrected chi connectivity index (χ1v) is 7.23. The van der Waals surface area contributed by atoms with Crippen molar-refractivity contribution in [3.8, 4) is 0 Å². The van der Waals surface area contributed by atoms with Gasteiger partial charge in [0.05, 0.1) is 17.9 Å². The summed E-state index contributed by atoms with van der Waals surface area (Å²) in [6, 6.07) is 7.05. The number of rotatable bonds is 4. The number of halogens is 1. The van der Waals surface area contributed by atoms with E-state index in [2.05, 4.69) is 4.74 Å². The van der Waals surface area contributed by atoms with E-state index in [0.29, 0.717) is 33.5 Å². The number of aryl methyl sites for hydroxylation is 1. The van der Waals surface area contributed by atoms with Gasteiger partial charge < -0.3 is 14.9 Å². The topological polar surface area (TPSA) is 65.5 Å². The molecule has 0 radical (unpaired) electrons. The van der Waals surface area contributed by atoms with Crippen molar-refractivity contribution in [1.82, 2.24) is 0 Å². The Bertz CT molecular complexity index is 639. The van der Waals surface area contributed by atoms with Crippen LogP contribution in [0, 0.1) is 6.92 Å². The predicted octanol–water partition coefficient (Wildman–Crippen LogP) is 3.90. The van der Waals surface area contributed by atoms with Crippen molar-refractivity contribution in [2.45, 2.75) is 17.6 Å². The molecule has 0 unspecified atom stereocenters. The summed E-state index contributed by atoms with van der Waals surface area (Å²) in [6.45, 7) is 1.73. The van der Waals surface area contributed by atoms with Gasteiger partial charge in [0, 0.05) is 10.6 Å². The first kappa shape index (κ1) is 14.8. The number of esters is 1. The monoisotopic (exact) mass is 311 g/mol. The minimum atomic E-state index is -0.395. The molecule has 0 aliphatic rings. The molecule has 0 saturated heterocycles. The van der Waals surface area contributed by atoms with Crippen molar-refractivity contribution >= 4 is 35.0 Å². The molecule has 0 saturated carbocycles. The van der Waals surface area contributed by atoms with Gasteiger partial charge in [0.25, 0.3) is 0 Å². The van der Waals surface area contributed by atoms with Crippen LogP contribution in [0.4, 0.5) is 5.69 Å². The number of nitrogen functional groups attached to an aromatic ring is 1. The highest BCUT2D eigenvalue weighted by Crippen LogP contribution is 2.32. The minimum Gasteiger partial charge on any atom is -0.465 e. The van der Waals surface area contributed by atoms with E-state index in [0.717, 1.165) is 4.90 Å². The number of benzene rings is 1. The summed E-state index contributed by atoms with van der Waals surface area (Å²) in [7, 11) is 1.34. The zero-order valence-corrected chi connectivity index (χ0v) is 12.7. The maximum absolute atomic E-state index is 11.5. The third-order valence-corrected chi connectivity index (χ3v) is 4.22. The van der Waals surface area contributed by atoms with Gasteiger partial charge in [-0.15, -0.1) is 11.8 Å². The third kappa shape index (κ3) is 3.29. The summed E-state index contributed by atoms with van der Waals surface area (Å²) in [5.74, 6) is 1.42. The lowest BCUT2D eigenvalue weighted by atomic mass is 10.2. The fraction of sp³-hybridized carbons (Fsp3) is 0.214. The van der Waals surface area contributed by atoms with Crippen LogP contribution in [0.25, 0.3) is 0 Å². The Morgan fingerprint density at radius 1 is 1.45 bits per heavy atom. The number of methoxy groups -OCH3 is 1. The molecule has 2 aromatic rings. The second kappa shape index (κ2) is 6.24. The van der Waals surface area contributed by atoms with E-state index in [1.54, 1.807) is 25.1 Å². The Kier molecular flexibility index (Phi) is 4.62. The number of furan rings is 1. The van der Waals surface area contributed by atoms with Gasteiger partial charge in [0.1, 0.15) is 17.1 Å². The maximum Gasteiger partial charge on any atom is 0.341 e. The molecule has 0 aliphatic heterocycles. The van der Waals surface area contributed by atoms with Crippen LogP contribution in [0.2, 0.25) is 5.02 Å². The van der Waals surface area contributed by atoms with E-state index in [1.165, 1.54) is 18.9 Å². The van der Waals surface area contributed by atoms with Crippen LogP contribution in [0.1, 0.15) is 21.9 Å². The van der Waals surface area contributed by atoms with Crippen LogP contribution < -0.4 is 5.73 Å². The molecule has 2 N–H and O–H groups in total. The molecule has 1 aromatic heterocycles. The van der Waals surface area contributed by atoms with Crippen molar-refractivity contribution < 1.29 is 13.9 Å². The zero-order chi connectivity index (χ0) is 14.7. The minimum absolute atomic E-state index is 0.395. The molecule has 6 heteroatoms. The fourth-order valence-corrected chi connectivity index (χ4v) is 2.86. The van der Waals surface area contributed by atoms with Gasteiger partial charge in [0.15, 0.2) is 0 Å². The van der Waals surface area contributed by atoms with Crippen LogP contribution in [0.3, 0.4) is 0 Å². The summed E-state index contributed by atoms with van der Waals surface area (Å²) >= 11 is 7.62. The Hall–Kier alpha value is -1.59. The van der Waals surface area contributed by atoms with Gasteiger partial charge in [-0.2, -0.15) is 0 Å². The molecule has 0 amide bonds. The van der Waals surface area contributed by atoms with Crippen molar-refractivity contribution in [3.63, 3.8) is 0 Å². The average molecular weight is 312 g/mol. The molecule has 1 aromatic carbocycles. The number of anilines is 1. The van der Waals surface area contributed by atoms with Gasteiger partial charge >= 0.3 is 5.97 Å². The van der Waals surface area contributed by atoms with E-state index in [1.807, 2.05) is 6.07 Å². The summed E-state index contributed by atoms with van der Waals surface area (Å²) in [4.78, 5) is 12.4. The van der Waals surface area contributed by atoms with Crippen LogP contribution >= 0.6 is 23.4 Å². The molecule has 0 spiro atoms. The van der Waals surface area contributed by atoms with Crippen LogP contribution in [-0.2, 0) is 10.5 Å². The molecule has 106 valence electrons. The molecule has 0 aliphatic carbocycles. The highest BCUT2D eigenvalue weighted by molar-refractivity contribution is 7.98. The van der Waals surface area contributed by atoms with Gasteiger partial charge in [-0.3, -0.25) is 0 Å². The van der Waals surface area contributed by atoms with E-state index in [-0.39, 0.29) is 0 Å². The van der Waals surface area contributed by atoms with E-state index < -0.39 is 5.97 Å². The first-order valence-electron chi connectivity index (χ1n) is 5.86. The van der Waals surface area contributed by atoms with Gasteiger partial charge in [0.2, 0.25) is 0 Å². The van der Waals surface area contributed by atoms with Crippen LogP contribution in [0.5, 0.6) is 0 Å². The van der Waals surface area contributed by atoms with E-state index >= 15 is 0 Å². The summed E-state index contributed by atoms with van der Waals surface area (Å²) in [6.07, 6.45) is 0. The number of thioether (sulfide) groups is 1. The fourth-order valence-electron chi connectivity index (χ4n) is 1.71. The summed E-state index contributed by atoms with van der Waals surface area (Å²) < 4.78 is 10.2. The molecule has 2 rings (SSSR count). The van der Waals surface area contributed by atoms with Crippen molar-refractivity contribution in [2.75, 3.05) is 12.8 Å². The standard InChI is InChI=1S/C14H14ClNO3S/c1-8-11(14(17)18-2)6-10(19-8)7-20-13-4-3-9(16)5-12(13)15/h3-6H,7,16H2,1-2H3. The van der Waals surface area contributed by atoms with Crippen LogP contribution in [-0.4, -0.2) is 13.1 Å². The second-order valence-electron chi connectivity index (χ2n) is 4.15. The highest BCUT2D eigenvalue weighted by Gasteiger charge is 2.15. The molecule has 4 nitrogen and oxygen atoms in total. The largest absolute Gasteiger partial charge is 0.465 e. The number of carbonyl (C=O) groups excluding carboxylic acids is 1. The van der Waals surface area contributed by atoms with Gasteiger partial charge in [-0.1, -0.05) is 11.6 Å². The SMILES string of the molecule is COC(=O)c1cc(CSc2ccc(N)cc2Cl)oc1C. The number of ether oxygens (including phenoxy) is 1. The normalized spacial score (nSPS) is 10.6. The summed E-state index contributed by atoms with van der Waals surface area (Å²) in [5.41, 5.74) is 6.72. The number of hydrogen-bond acceptors (Lipinski definition) is 5. The van der Waals surface area contributed by atoms with E-state index in [9.17, 15) is 4.79 Å². The van der Waals surface area contributed by atoms with Crippen molar-refractivity contribution in [2.24, 2.45) is 0 Å². The second-order valence-corrected chi connectivity index (χ2v) is 5.58. The number of carbonyl (C=O) groups is 1. The summed E-state index contributed by atoms with van der Waals surface area (Å²) in [5, 5.41) is 0.603. The average Bonchev–Trinajstić information content (AvgIpc) is 2.78. The van der Waals surface area contributed by atoms with E-state index in [4.69, 9.17) is 21.8 Å². The van der Waals surface area contributed by atoms with Gasteiger partial charge in [-0.05, 0) is 31.2 Å². The lowest BCUT2D eigenvalue weighted by Gasteiger charge is -2.03. The Morgan fingerprint density at radius 2 is 2.20 bits per heavy atom. The lowest BCUT2D eigenvalue weighted by molar-refractivity contribution is 0.0599. The molecular weight excluding hydrogens is 298 g/mol. The Balaban J connectivity index is 2.09. The van der Waals surface area contributed by atoms with Gasteiger partial charge in [-0.25, -0.2) is 4.79 Å². The smallest absolute Gasteiger partial charge is 0.341 e. The van der Waals surface area contributed by atoms with Crippen molar-refractivity contribution in [1.29, 1.82) is 0 Å². The first-order chi connectivity index (χ1) is 9.51. The predicted molar refractivity (Wildman–Crippen MR) is 80.2 cm³/mol. The maximum atomic E-state index is 11.5.